The Kier molecular flexibility index (Phi) is 9.97. The molecule has 4 aliphatic rings. The van der Waals surface area contributed by atoms with Gasteiger partial charge in [0.1, 0.15) is 0 Å². The minimum Gasteiger partial charge on any atom is -0.341 e. The lowest BCUT2D eigenvalue weighted by Crippen LogP contribution is -2.46. The molecule has 4 fully saturated rings. The number of alkyl halides is 2. The summed E-state index contributed by atoms with van der Waals surface area (Å²) in [6.45, 7) is 4.94. The summed E-state index contributed by atoms with van der Waals surface area (Å²) >= 11 is 0. The molecule has 1 saturated carbocycles. The fourth-order valence-corrected chi connectivity index (χ4v) is 8.56. The van der Waals surface area contributed by atoms with Crippen molar-refractivity contribution < 1.29 is 26.8 Å². The molecule has 11 heteroatoms. The van der Waals surface area contributed by atoms with Gasteiger partial charge in [-0.25, -0.2) is 17.2 Å². The maximum atomic E-state index is 13.8. The van der Waals surface area contributed by atoms with Crippen molar-refractivity contribution >= 4 is 34.1 Å². The summed E-state index contributed by atoms with van der Waals surface area (Å²) in [5.74, 6) is -2.30. The Morgan fingerprint density at radius 2 is 1.51 bits per heavy atom. The molecule has 0 N–H and O–H groups in total. The highest BCUT2D eigenvalue weighted by molar-refractivity contribution is 7.90. The number of piperidine rings is 1. The van der Waals surface area contributed by atoms with Crippen LogP contribution in [0, 0.1) is 17.3 Å². The standard InChI is InChI=1S/C34H43F2N3O4S.ClH/c1-44(42,43)29-9-7-25(8-10-29)21-38-20-17-33(32(38)41)15-18-37(19-16-33)22-28-23-39(24-30(28)26-5-3-2-4-6-26)31(40)27-11-13-34(35,36)14-12-27;/h2-10,27-28,30H,11-24H2,1H3;1H. The van der Waals surface area contributed by atoms with Crippen LogP contribution in [0.25, 0.3) is 0 Å². The number of nitrogens with zero attached hydrogens (tertiary/aromatic N) is 3. The van der Waals surface area contributed by atoms with E-state index in [9.17, 15) is 26.8 Å². The molecule has 3 heterocycles. The first-order valence-electron chi connectivity index (χ1n) is 15.9. The minimum absolute atomic E-state index is 0. The average Bonchev–Trinajstić information content (AvgIpc) is 3.55. The van der Waals surface area contributed by atoms with Crippen molar-refractivity contribution in [2.24, 2.45) is 17.3 Å². The van der Waals surface area contributed by atoms with Crippen LogP contribution in [0.15, 0.2) is 59.5 Å². The Morgan fingerprint density at radius 3 is 2.13 bits per heavy atom. The number of carbonyl (C=O) groups is 2. The number of rotatable bonds is 7. The number of hydrogen-bond donors (Lipinski definition) is 0. The first kappa shape index (κ1) is 33.8. The molecule has 2 unspecified atom stereocenters. The van der Waals surface area contributed by atoms with Crippen LogP contribution in [0.2, 0.25) is 0 Å². The quantitative estimate of drug-likeness (QED) is 0.397. The maximum Gasteiger partial charge on any atom is 0.248 e. The van der Waals surface area contributed by atoms with Crippen LogP contribution in [0.3, 0.4) is 0 Å². The van der Waals surface area contributed by atoms with Crippen LogP contribution in [0.4, 0.5) is 8.78 Å². The van der Waals surface area contributed by atoms with E-state index < -0.39 is 15.8 Å². The second-order valence-corrected chi connectivity index (χ2v) is 15.6. The molecule has 1 aliphatic carbocycles. The van der Waals surface area contributed by atoms with Gasteiger partial charge in [0.2, 0.25) is 17.7 Å². The fourth-order valence-electron chi connectivity index (χ4n) is 7.92. The smallest absolute Gasteiger partial charge is 0.248 e. The van der Waals surface area contributed by atoms with Crippen molar-refractivity contribution in [3.8, 4) is 0 Å². The molecule has 2 aromatic carbocycles. The van der Waals surface area contributed by atoms with Gasteiger partial charge in [-0.3, -0.25) is 9.59 Å². The van der Waals surface area contributed by atoms with Gasteiger partial charge in [-0.2, -0.15) is 0 Å². The summed E-state index contributed by atoms with van der Waals surface area (Å²) in [4.78, 5) is 33.7. The molecule has 7 nitrogen and oxygen atoms in total. The van der Waals surface area contributed by atoms with Crippen LogP contribution >= 0.6 is 12.4 Å². The number of hydrogen-bond acceptors (Lipinski definition) is 5. The Morgan fingerprint density at radius 1 is 0.889 bits per heavy atom. The Hall–Kier alpha value is -2.56. The predicted molar refractivity (Wildman–Crippen MR) is 171 cm³/mol. The molecule has 3 saturated heterocycles. The summed E-state index contributed by atoms with van der Waals surface area (Å²) in [5.41, 5.74) is 1.79. The first-order chi connectivity index (χ1) is 20.9. The lowest BCUT2D eigenvalue weighted by atomic mass is 9.76. The average molecular weight is 664 g/mol. The molecule has 1 spiro atoms. The lowest BCUT2D eigenvalue weighted by molar-refractivity contribution is -0.140. The Bertz CT molecular complexity index is 1460. The topological polar surface area (TPSA) is 78.0 Å². The lowest BCUT2D eigenvalue weighted by Gasteiger charge is -2.39. The SMILES string of the molecule is CS(=O)(=O)c1ccc(CN2CCC3(CCN(CC4CN(C(=O)C5CCC(F)(F)CC5)CC4c4ccccc4)CC3)C2=O)cc1.Cl. The molecule has 6 rings (SSSR count). The van der Waals surface area contributed by atoms with E-state index in [2.05, 4.69) is 17.0 Å². The molecule has 0 aromatic heterocycles. The molecular weight excluding hydrogens is 620 g/mol. The third-order valence-corrected chi connectivity index (χ3v) is 11.8. The van der Waals surface area contributed by atoms with Gasteiger partial charge in [0.25, 0.3) is 0 Å². The number of halogens is 3. The number of sulfone groups is 1. The van der Waals surface area contributed by atoms with Crippen LogP contribution in [0.5, 0.6) is 0 Å². The minimum atomic E-state index is -3.26. The van der Waals surface area contributed by atoms with Gasteiger partial charge in [0, 0.05) is 63.7 Å². The van der Waals surface area contributed by atoms with E-state index in [-0.39, 0.29) is 78.0 Å². The number of benzene rings is 2. The highest BCUT2D eigenvalue weighted by Crippen LogP contribution is 2.44. The third kappa shape index (κ3) is 7.38. The molecular formula is C34H44ClF2N3O4S. The second-order valence-electron chi connectivity index (χ2n) is 13.6. The molecule has 2 amide bonds. The Labute approximate surface area is 271 Å². The van der Waals surface area contributed by atoms with E-state index in [1.54, 1.807) is 24.3 Å². The summed E-state index contributed by atoms with van der Waals surface area (Å²) in [5, 5.41) is 0. The van der Waals surface area contributed by atoms with Crippen LogP contribution in [0.1, 0.15) is 62.0 Å². The molecule has 2 atom stereocenters. The highest BCUT2D eigenvalue weighted by Gasteiger charge is 2.49. The van der Waals surface area contributed by atoms with Crippen molar-refractivity contribution in [1.82, 2.24) is 14.7 Å². The summed E-state index contributed by atoms with van der Waals surface area (Å²) in [6.07, 6.45) is 3.74. The van der Waals surface area contributed by atoms with Gasteiger partial charge in [0.15, 0.2) is 9.84 Å². The van der Waals surface area contributed by atoms with Crippen molar-refractivity contribution in [3.63, 3.8) is 0 Å². The Balaban J connectivity index is 0.00000400. The molecule has 2 aromatic rings. The zero-order chi connectivity index (χ0) is 31.1. The fraction of sp³-hybridized carbons (Fsp3) is 0.588. The predicted octanol–water partition coefficient (Wildman–Crippen LogP) is 5.39. The largest absolute Gasteiger partial charge is 0.341 e. The third-order valence-electron chi connectivity index (χ3n) is 10.7. The highest BCUT2D eigenvalue weighted by atomic mass is 35.5. The van der Waals surface area contributed by atoms with Gasteiger partial charge in [-0.15, -0.1) is 12.4 Å². The second kappa shape index (κ2) is 13.3. The molecule has 246 valence electrons. The molecule has 3 aliphatic heterocycles. The number of likely N-dealkylation sites (tertiary alicyclic amines) is 3. The first-order valence-corrected chi connectivity index (χ1v) is 17.8. The van der Waals surface area contributed by atoms with Gasteiger partial charge in [-0.1, -0.05) is 42.5 Å². The van der Waals surface area contributed by atoms with Crippen LogP contribution in [-0.2, 0) is 26.0 Å². The van der Waals surface area contributed by atoms with Crippen molar-refractivity contribution in [1.29, 1.82) is 0 Å². The van der Waals surface area contributed by atoms with E-state index in [0.717, 1.165) is 44.5 Å². The van der Waals surface area contributed by atoms with E-state index in [1.165, 1.54) is 11.8 Å². The molecule has 0 radical (unpaired) electrons. The zero-order valence-electron chi connectivity index (χ0n) is 25.9. The summed E-state index contributed by atoms with van der Waals surface area (Å²) < 4.78 is 51.1. The van der Waals surface area contributed by atoms with Gasteiger partial charge >= 0.3 is 0 Å². The van der Waals surface area contributed by atoms with Crippen LogP contribution in [-0.4, -0.2) is 86.4 Å². The van der Waals surface area contributed by atoms with Crippen molar-refractivity contribution in [2.75, 3.05) is 45.5 Å². The van der Waals surface area contributed by atoms with Gasteiger partial charge in [0.05, 0.1) is 10.3 Å². The molecule has 0 bridgehead atoms. The van der Waals surface area contributed by atoms with Gasteiger partial charge in [-0.05, 0) is 74.4 Å². The van der Waals surface area contributed by atoms with E-state index >= 15 is 0 Å². The normalized spacial score (nSPS) is 25.4. The molecule has 45 heavy (non-hydrogen) atoms. The van der Waals surface area contributed by atoms with E-state index in [1.807, 2.05) is 28.0 Å². The van der Waals surface area contributed by atoms with Crippen LogP contribution < -0.4 is 0 Å². The van der Waals surface area contributed by atoms with E-state index in [4.69, 9.17) is 0 Å². The maximum absolute atomic E-state index is 13.8. The summed E-state index contributed by atoms with van der Waals surface area (Å²) in [7, 11) is -3.26. The van der Waals surface area contributed by atoms with Crippen molar-refractivity contribution in [3.05, 3.63) is 65.7 Å². The number of carbonyl (C=O) groups excluding carboxylic acids is 2. The zero-order valence-corrected chi connectivity index (χ0v) is 27.5. The number of amides is 2. The van der Waals surface area contributed by atoms with E-state index in [0.29, 0.717) is 26.2 Å². The van der Waals surface area contributed by atoms with Gasteiger partial charge < -0.3 is 14.7 Å². The van der Waals surface area contributed by atoms with Crippen molar-refractivity contribution in [2.45, 2.75) is 68.2 Å². The summed E-state index contributed by atoms with van der Waals surface area (Å²) in [6, 6.07) is 17.1. The monoisotopic (exact) mass is 663 g/mol.